The van der Waals surface area contributed by atoms with Gasteiger partial charge in [0.2, 0.25) is 20.9 Å². The fourth-order valence-electron chi connectivity index (χ4n) is 3.34. The van der Waals surface area contributed by atoms with Crippen molar-refractivity contribution in [3.63, 3.8) is 0 Å². The summed E-state index contributed by atoms with van der Waals surface area (Å²) >= 11 is 0. The molecule has 1 aromatic heterocycles. The van der Waals surface area contributed by atoms with E-state index in [0.717, 1.165) is 31.4 Å². The fraction of sp³-hybridized carbons (Fsp3) is 0.778. The summed E-state index contributed by atoms with van der Waals surface area (Å²) in [5.41, 5.74) is 1.12. The third-order valence-corrected chi connectivity index (χ3v) is 6.82. The molecule has 0 aromatic carbocycles. The summed E-state index contributed by atoms with van der Waals surface area (Å²) in [6.45, 7) is 10.7. The zero-order valence-corrected chi connectivity index (χ0v) is 17.0. The van der Waals surface area contributed by atoms with Gasteiger partial charge in [-0.1, -0.05) is 19.3 Å². The highest BCUT2D eigenvalue weighted by Gasteiger charge is 2.37. The number of aromatic nitrogens is 2. The van der Waals surface area contributed by atoms with E-state index in [0.29, 0.717) is 5.69 Å². The predicted octanol–water partition coefficient (Wildman–Crippen LogP) is 3.08. The lowest BCUT2D eigenvalue weighted by Gasteiger charge is -2.27. The second-order valence-corrected chi connectivity index (χ2v) is 10.3. The van der Waals surface area contributed by atoms with E-state index in [1.165, 1.54) is 13.3 Å². The van der Waals surface area contributed by atoms with Gasteiger partial charge in [0, 0.05) is 17.3 Å². The van der Waals surface area contributed by atoms with Crippen molar-refractivity contribution in [2.75, 3.05) is 0 Å². The maximum atomic E-state index is 13.1. The van der Waals surface area contributed by atoms with E-state index in [1.807, 2.05) is 39.2 Å². The van der Waals surface area contributed by atoms with E-state index in [4.69, 9.17) is 0 Å². The number of aryl methyl sites for hydroxylation is 1. The summed E-state index contributed by atoms with van der Waals surface area (Å²) < 4.78 is 28.2. The second kappa shape index (κ2) is 7.09. The second-order valence-electron chi connectivity index (χ2n) is 8.15. The minimum atomic E-state index is -3.85. The maximum Gasteiger partial charge on any atom is 0.238 e. The Hall–Kier alpha value is -1.37. The zero-order chi connectivity index (χ0) is 19.0. The Morgan fingerprint density at radius 2 is 1.76 bits per heavy atom. The molecule has 0 spiro atoms. The standard InChI is InChI=1S/C18H31N3O3S/c1-12-13(2)21(15-10-8-7-9-11-15)17(19-12)25(23,24)14(3)16(22)20-18(4,5)6/h14-15H,7-11H2,1-6H3,(H,20,22)/t14-/m1/s1. The summed E-state index contributed by atoms with van der Waals surface area (Å²) in [6.07, 6.45) is 5.31. The molecule has 1 fully saturated rings. The van der Waals surface area contributed by atoms with Gasteiger partial charge in [0.1, 0.15) is 5.25 Å². The number of amides is 1. The Morgan fingerprint density at radius 3 is 2.28 bits per heavy atom. The Balaban J connectivity index is 2.42. The monoisotopic (exact) mass is 369 g/mol. The lowest BCUT2D eigenvalue weighted by atomic mass is 9.95. The molecule has 0 radical (unpaired) electrons. The largest absolute Gasteiger partial charge is 0.350 e. The molecule has 1 amide bonds. The third-order valence-electron chi connectivity index (χ3n) is 4.88. The topological polar surface area (TPSA) is 81.1 Å². The molecule has 1 aromatic rings. The molecule has 2 rings (SSSR count). The summed E-state index contributed by atoms with van der Waals surface area (Å²) in [4.78, 5) is 16.8. The van der Waals surface area contributed by atoms with Crippen LogP contribution in [0.4, 0.5) is 0 Å². The first-order chi connectivity index (χ1) is 11.4. The van der Waals surface area contributed by atoms with Crippen LogP contribution in [-0.2, 0) is 14.6 Å². The van der Waals surface area contributed by atoms with E-state index in [1.54, 1.807) is 0 Å². The van der Waals surface area contributed by atoms with Crippen molar-refractivity contribution in [1.29, 1.82) is 0 Å². The molecule has 1 N–H and O–H groups in total. The van der Waals surface area contributed by atoms with Gasteiger partial charge in [-0.05, 0) is 54.4 Å². The highest BCUT2D eigenvalue weighted by Crippen LogP contribution is 2.33. The SMILES string of the molecule is Cc1nc(S(=O)(=O)[C@H](C)C(=O)NC(C)(C)C)n(C2CCCCC2)c1C. The van der Waals surface area contributed by atoms with Crippen LogP contribution in [0.2, 0.25) is 0 Å². The molecule has 0 aliphatic heterocycles. The molecule has 0 bridgehead atoms. The van der Waals surface area contributed by atoms with Gasteiger partial charge in [-0.15, -0.1) is 0 Å². The Bertz CT molecular complexity index is 738. The molecule has 0 saturated heterocycles. The first-order valence-electron chi connectivity index (χ1n) is 9.06. The fourth-order valence-corrected chi connectivity index (χ4v) is 4.82. The van der Waals surface area contributed by atoms with Gasteiger partial charge in [0.25, 0.3) is 0 Å². The first kappa shape index (κ1) is 19.9. The van der Waals surface area contributed by atoms with E-state index < -0.39 is 26.5 Å². The third kappa shape index (κ3) is 4.25. The highest BCUT2D eigenvalue weighted by molar-refractivity contribution is 7.92. The van der Waals surface area contributed by atoms with E-state index in [-0.39, 0.29) is 11.2 Å². The number of imidazole rings is 1. The smallest absolute Gasteiger partial charge is 0.238 e. The Kier molecular flexibility index (Phi) is 5.66. The molecule has 7 heteroatoms. The molecular formula is C18H31N3O3S. The van der Waals surface area contributed by atoms with Gasteiger partial charge in [-0.25, -0.2) is 13.4 Å². The normalized spacial score (nSPS) is 18.2. The zero-order valence-electron chi connectivity index (χ0n) is 16.2. The molecule has 1 aliphatic rings. The van der Waals surface area contributed by atoms with Gasteiger partial charge in [-0.3, -0.25) is 4.79 Å². The van der Waals surface area contributed by atoms with Crippen LogP contribution in [0.1, 0.15) is 77.2 Å². The number of nitrogens with zero attached hydrogens (tertiary/aromatic N) is 2. The van der Waals surface area contributed by atoms with E-state index in [9.17, 15) is 13.2 Å². The Labute approximate surface area is 151 Å². The van der Waals surface area contributed by atoms with Crippen molar-refractivity contribution in [3.8, 4) is 0 Å². The summed E-state index contributed by atoms with van der Waals surface area (Å²) in [7, 11) is -3.85. The lowest BCUT2D eigenvalue weighted by molar-refractivity contribution is -0.121. The summed E-state index contributed by atoms with van der Waals surface area (Å²) in [5.74, 6) is -0.485. The van der Waals surface area contributed by atoms with Crippen LogP contribution in [0.15, 0.2) is 5.16 Å². The van der Waals surface area contributed by atoms with Crippen molar-refractivity contribution >= 4 is 15.7 Å². The van der Waals surface area contributed by atoms with Crippen LogP contribution in [-0.4, -0.2) is 34.7 Å². The summed E-state index contributed by atoms with van der Waals surface area (Å²) in [5, 5.41) is 1.64. The van der Waals surface area contributed by atoms with E-state index in [2.05, 4.69) is 10.3 Å². The average molecular weight is 370 g/mol. The maximum absolute atomic E-state index is 13.1. The van der Waals surface area contributed by atoms with Crippen molar-refractivity contribution in [1.82, 2.24) is 14.9 Å². The Morgan fingerprint density at radius 1 is 1.20 bits per heavy atom. The number of hydrogen-bond acceptors (Lipinski definition) is 4. The van der Waals surface area contributed by atoms with Crippen LogP contribution in [0.25, 0.3) is 0 Å². The van der Waals surface area contributed by atoms with Gasteiger partial charge in [-0.2, -0.15) is 0 Å². The average Bonchev–Trinajstić information content (AvgIpc) is 2.82. The van der Waals surface area contributed by atoms with Crippen molar-refractivity contribution in [2.24, 2.45) is 0 Å². The first-order valence-corrected chi connectivity index (χ1v) is 10.6. The predicted molar refractivity (Wildman–Crippen MR) is 98.4 cm³/mol. The molecular weight excluding hydrogens is 338 g/mol. The molecule has 1 aliphatic carbocycles. The molecule has 142 valence electrons. The highest BCUT2D eigenvalue weighted by atomic mass is 32.2. The van der Waals surface area contributed by atoms with Gasteiger partial charge in [0.15, 0.2) is 0 Å². The van der Waals surface area contributed by atoms with Crippen LogP contribution < -0.4 is 5.32 Å². The summed E-state index contributed by atoms with van der Waals surface area (Å²) in [6, 6.07) is 0.151. The van der Waals surface area contributed by atoms with Crippen LogP contribution >= 0.6 is 0 Å². The van der Waals surface area contributed by atoms with Gasteiger partial charge in [0.05, 0.1) is 5.69 Å². The van der Waals surface area contributed by atoms with Crippen LogP contribution in [0.5, 0.6) is 0 Å². The quantitative estimate of drug-likeness (QED) is 0.884. The van der Waals surface area contributed by atoms with E-state index >= 15 is 0 Å². The van der Waals surface area contributed by atoms with Crippen molar-refractivity contribution < 1.29 is 13.2 Å². The minimum Gasteiger partial charge on any atom is -0.350 e. The lowest BCUT2D eigenvalue weighted by Crippen LogP contribution is -2.47. The van der Waals surface area contributed by atoms with Crippen LogP contribution in [0, 0.1) is 13.8 Å². The van der Waals surface area contributed by atoms with Crippen LogP contribution in [0.3, 0.4) is 0 Å². The number of nitrogens with one attached hydrogen (secondary N) is 1. The number of carbonyl (C=O) groups is 1. The van der Waals surface area contributed by atoms with Gasteiger partial charge >= 0.3 is 0 Å². The van der Waals surface area contributed by atoms with Crippen molar-refractivity contribution in [3.05, 3.63) is 11.4 Å². The van der Waals surface area contributed by atoms with Crippen molar-refractivity contribution in [2.45, 2.75) is 95.6 Å². The molecule has 0 unspecified atom stereocenters. The number of carbonyl (C=O) groups excluding carboxylic acids is 1. The number of rotatable bonds is 4. The molecule has 1 heterocycles. The molecule has 25 heavy (non-hydrogen) atoms. The van der Waals surface area contributed by atoms with Gasteiger partial charge < -0.3 is 9.88 Å². The minimum absolute atomic E-state index is 0.0472. The molecule has 1 saturated carbocycles. The number of hydrogen-bond donors (Lipinski definition) is 1. The molecule has 1 atom stereocenters. The molecule has 6 nitrogen and oxygen atoms in total. The number of sulfone groups is 1.